The molecule has 0 saturated carbocycles. The van der Waals surface area contributed by atoms with Crippen LogP contribution in [0.4, 0.5) is 0 Å². The Morgan fingerprint density at radius 3 is 2.94 bits per heavy atom. The van der Waals surface area contributed by atoms with Gasteiger partial charge in [-0.15, -0.1) is 11.3 Å². The van der Waals surface area contributed by atoms with Gasteiger partial charge in [0.25, 0.3) is 0 Å². The Balaban J connectivity index is 2.02. The summed E-state index contributed by atoms with van der Waals surface area (Å²) in [5.74, 6) is 1.02. The zero-order valence-electron chi connectivity index (χ0n) is 10.7. The predicted octanol–water partition coefficient (Wildman–Crippen LogP) is 3.59. The van der Waals surface area contributed by atoms with Gasteiger partial charge in [-0.2, -0.15) is 0 Å². The first-order chi connectivity index (χ1) is 8.59. The predicted molar refractivity (Wildman–Crippen MR) is 76.1 cm³/mol. The summed E-state index contributed by atoms with van der Waals surface area (Å²) in [6.07, 6.45) is 0.971. The SMILES string of the molecule is CC1(C)Cc2cc(-c3ccsc3CN)ccc2O1. The number of nitrogens with two attached hydrogens (primary N) is 1. The molecule has 3 rings (SSSR count). The van der Waals surface area contributed by atoms with Crippen LogP contribution in [0.3, 0.4) is 0 Å². The molecule has 2 N–H and O–H groups in total. The molecule has 0 aliphatic carbocycles. The highest BCUT2D eigenvalue weighted by molar-refractivity contribution is 7.10. The summed E-state index contributed by atoms with van der Waals surface area (Å²) in [6, 6.07) is 8.60. The van der Waals surface area contributed by atoms with Crippen molar-refractivity contribution in [1.82, 2.24) is 0 Å². The maximum Gasteiger partial charge on any atom is 0.123 e. The first-order valence-electron chi connectivity index (χ1n) is 6.18. The van der Waals surface area contributed by atoms with Gasteiger partial charge in [0.2, 0.25) is 0 Å². The second-order valence-corrected chi connectivity index (χ2v) is 6.32. The summed E-state index contributed by atoms with van der Waals surface area (Å²) in [7, 11) is 0. The lowest BCUT2D eigenvalue weighted by Crippen LogP contribution is -2.24. The fourth-order valence-corrected chi connectivity index (χ4v) is 3.31. The fourth-order valence-electron chi connectivity index (χ4n) is 2.53. The van der Waals surface area contributed by atoms with Gasteiger partial charge in [-0.1, -0.05) is 6.07 Å². The van der Waals surface area contributed by atoms with Gasteiger partial charge in [-0.05, 0) is 54.1 Å². The number of hydrogen-bond donors (Lipinski definition) is 1. The van der Waals surface area contributed by atoms with Gasteiger partial charge < -0.3 is 10.5 Å². The van der Waals surface area contributed by atoms with Gasteiger partial charge in [0.1, 0.15) is 11.4 Å². The van der Waals surface area contributed by atoms with E-state index in [1.54, 1.807) is 11.3 Å². The van der Waals surface area contributed by atoms with Crippen LogP contribution < -0.4 is 10.5 Å². The van der Waals surface area contributed by atoms with E-state index < -0.39 is 0 Å². The summed E-state index contributed by atoms with van der Waals surface area (Å²) >= 11 is 1.72. The van der Waals surface area contributed by atoms with E-state index in [-0.39, 0.29) is 5.60 Å². The Bertz CT molecular complexity index is 586. The Labute approximate surface area is 111 Å². The number of fused-ring (bicyclic) bond motifs is 1. The molecule has 18 heavy (non-hydrogen) atoms. The number of benzene rings is 1. The van der Waals surface area contributed by atoms with Crippen LogP contribution in [0.2, 0.25) is 0 Å². The Morgan fingerprint density at radius 2 is 2.17 bits per heavy atom. The lowest BCUT2D eigenvalue weighted by Gasteiger charge is -2.16. The molecular weight excluding hydrogens is 242 g/mol. The van der Waals surface area contributed by atoms with Crippen molar-refractivity contribution < 1.29 is 4.74 Å². The molecule has 0 saturated heterocycles. The second-order valence-electron chi connectivity index (χ2n) is 5.32. The van der Waals surface area contributed by atoms with Gasteiger partial charge in [-0.25, -0.2) is 0 Å². The first-order valence-corrected chi connectivity index (χ1v) is 7.06. The normalized spacial score (nSPS) is 16.4. The zero-order valence-corrected chi connectivity index (χ0v) is 11.5. The maximum absolute atomic E-state index is 5.90. The van der Waals surface area contributed by atoms with Gasteiger partial charge >= 0.3 is 0 Å². The van der Waals surface area contributed by atoms with E-state index in [1.807, 2.05) is 0 Å². The quantitative estimate of drug-likeness (QED) is 0.894. The van der Waals surface area contributed by atoms with Crippen molar-refractivity contribution in [2.75, 3.05) is 0 Å². The molecular formula is C15H17NOS. The molecule has 0 atom stereocenters. The van der Waals surface area contributed by atoms with Crippen LogP contribution in [-0.2, 0) is 13.0 Å². The minimum absolute atomic E-state index is 0.0771. The zero-order chi connectivity index (χ0) is 12.8. The van der Waals surface area contributed by atoms with E-state index in [1.165, 1.54) is 21.6 Å². The van der Waals surface area contributed by atoms with E-state index in [9.17, 15) is 0 Å². The summed E-state index contributed by atoms with van der Waals surface area (Å²) in [6.45, 7) is 4.86. The Morgan fingerprint density at radius 1 is 1.33 bits per heavy atom. The number of rotatable bonds is 2. The van der Waals surface area contributed by atoms with Crippen molar-refractivity contribution in [1.29, 1.82) is 0 Å². The molecule has 2 heterocycles. The van der Waals surface area contributed by atoms with Gasteiger partial charge in [0, 0.05) is 17.8 Å². The lowest BCUT2D eigenvalue weighted by molar-refractivity contribution is 0.138. The molecule has 94 valence electrons. The Kier molecular flexibility index (Phi) is 2.68. The van der Waals surface area contributed by atoms with Crippen molar-refractivity contribution in [2.45, 2.75) is 32.4 Å². The van der Waals surface area contributed by atoms with E-state index in [0.29, 0.717) is 6.54 Å². The van der Waals surface area contributed by atoms with E-state index in [4.69, 9.17) is 10.5 Å². The van der Waals surface area contributed by atoms with Gasteiger partial charge in [0.15, 0.2) is 0 Å². The van der Waals surface area contributed by atoms with Crippen LogP contribution in [0.1, 0.15) is 24.3 Å². The van der Waals surface area contributed by atoms with Crippen LogP contribution in [0.15, 0.2) is 29.6 Å². The summed E-state index contributed by atoms with van der Waals surface area (Å²) in [4.78, 5) is 1.24. The monoisotopic (exact) mass is 259 g/mol. The molecule has 0 radical (unpaired) electrons. The molecule has 0 bridgehead atoms. The number of hydrogen-bond acceptors (Lipinski definition) is 3. The minimum Gasteiger partial charge on any atom is -0.487 e. The van der Waals surface area contributed by atoms with Crippen LogP contribution in [0, 0.1) is 0 Å². The largest absolute Gasteiger partial charge is 0.487 e. The molecule has 2 aromatic rings. The third kappa shape index (κ3) is 1.93. The van der Waals surface area contributed by atoms with Gasteiger partial charge in [0.05, 0.1) is 0 Å². The molecule has 1 aliphatic rings. The number of thiophene rings is 1. The van der Waals surface area contributed by atoms with Crippen LogP contribution in [-0.4, -0.2) is 5.60 Å². The second kappa shape index (κ2) is 4.11. The smallest absolute Gasteiger partial charge is 0.123 e. The van der Waals surface area contributed by atoms with Crippen molar-refractivity contribution in [2.24, 2.45) is 5.73 Å². The summed E-state index contributed by atoms with van der Waals surface area (Å²) in [5.41, 5.74) is 9.50. The van der Waals surface area contributed by atoms with Crippen LogP contribution in [0.5, 0.6) is 5.75 Å². The Hall–Kier alpha value is -1.32. The van der Waals surface area contributed by atoms with E-state index in [2.05, 4.69) is 43.5 Å². The van der Waals surface area contributed by atoms with E-state index in [0.717, 1.165) is 12.2 Å². The average molecular weight is 259 g/mol. The van der Waals surface area contributed by atoms with Crippen molar-refractivity contribution in [3.63, 3.8) is 0 Å². The molecule has 0 amide bonds. The molecule has 0 spiro atoms. The molecule has 1 aliphatic heterocycles. The highest BCUT2D eigenvalue weighted by atomic mass is 32.1. The van der Waals surface area contributed by atoms with E-state index >= 15 is 0 Å². The van der Waals surface area contributed by atoms with Gasteiger partial charge in [-0.3, -0.25) is 0 Å². The third-order valence-electron chi connectivity index (χ3n) is 3.30. The topological polar surface area (TPSA) is 35.2 Å². The standard InChI is InChI=1S/C15H17NOS/c1-15(2)8-11-7-10(3-4-13(11)17-15)12-5-6-18-14(12)9-16/h3-7H,8-9,16H2,1-2H3. The molecule has 2 nitrogen and oxygen atoms in total. The molecule has 0 unspecified atom stereocenters. The van der Waals surface area contributed by atoms with Crippen molar-refractivity contribution in [3.05, 3.63) is 40.1 Å². The fraction of sp³-hybridized carbons (Fsp3) is 0.333. The first kappa shape index (κ1) is 11.8. The number of ether oxygens (including phenoxy) is 1. The average Bonchev–Trinajstić information content (AvgIpc) is 2.88. The molecule has 3 heteroatoms. The van der Waals surface area contributed by atoms with Crippen molar-refractivity contribution in [3.8, 4) is 16.9 Å². The molecule has 0 fully saturated rings. The summed E-state index contributed by atoms with van der Waals surface area (Å²) < 4.78 is 5.90. The van der Waals surface area contributed by atoms with Crippen LogP contribution >= 0.6 is 11.3 Å². The van der Waals surface area contributed by atoms with Crippen molar-refractivity contribution >= 4 is 11.3 Å². The maximum atomic E-state index is 5.90. The summed E-state index contributed by atoms with van der Waals surface area (Å²) in [5, 5.41) is 2.10. The minimum atomic E-state index is -0.0771. The lowest BCUT2D eigenvalue weighted by atomic mass is 9.98. The molecule has 1 aromatic heterocycles. The highest BCUT2D eigenvalue weighted by Gasteiger charge is 2.30. The van der Waals surface area contributed by atoms with Crippen LogP contribution in [0.25, 0.3) is 11.1 Å². The third-order valence-corrected chi connectivity index (χ3v) is 4.25. The molecule has 1 aromatic carbocycles. The highest BCUT2D eigenvalue weighted by Crippen LogP contribution is 2.38.